The number of pyridine rings is 1. The second kappa shape index (κ2) is 9.86. The second-order valence-corrected chi connectivity index (χ2v) is 7.98. The third-order valence-corrected chi connectivity index (χ3v) is 5.80. The number of aryl methyl sites for hydroxylation is 2. The number of benzene rings is 2. The van der Waals surface area contributed by atoms with E-state index in [1.54, 1.807) is 0 Å². The Balaban J connectivity index is 1.49. The molecule has 5 nitrogen and oxygen atoms in total. The van der Waals surface area contributed by atoms with Gasteiger partial charge in [0.2, 0.25) is 0 Å². The zero-order chi connectivity index (χ0) is 21.6. The monoisotopic (exact) mass is 415 g/mol. The van der Waals surface area contributed by atoms with Gasteiger partial charge in [0.15, 0.2) is 0 Å². The number of nitrogens with one attached hydrogen (secondary N) is 1. The smallest absolute Gasteiger partial charge is 0.253 e. The zero-order valence-electron chi connectivity index (χ0n) is 18.2. The Morgan fingerprint density at radius 3 is 2.39 bits per heavy atom. The fourth-order valence-corrected chi connectivity index (χ4v) is 3.99. The molecule has 1 unspecified atom stereocenters. The van der Waals surface area contributed by atoms with Gasteiger partial charge in [0, 0.05) is 25.2 Å². The Hall–Kier alpha value is -3.02. The van der Waals surface area contributed by atoms with Crippen molar-refractivity contribution < 1.29 is 9.53 Å². The normalized spacial score (nSPS) is 15.4. The van der Waals surface area contributed by atoms with E-state index in [1.807, 2.05) is 49.4 Å². The molecule has 0 aliphatic carbocycles. The standard InChI is InChI=1S/C26H29N3O2/c1-19-8-10-22(11-9-19)25(29-14-16-31-17-15-29)18-27-26(30)23-12-13-24(28-20(23)2)21-6-4-3-5-7-21/h3-13,25H,14-18H2,1-2H3,(H,27,30). The average molecular weight is 416 g/mol. The first-order chi connectivity index (χ1) is 15.1. The first kappa shape index (κ1) is 21.2. The maximum absolute atomic E-state index is 13.0. The maximum Gasteiger partial charge on any atom is 0.253 e. The van der Waals surface area contributed by atoms with Crippen LogP contribution in [0.2, 0.25) is 0 Å². The van der Waals surface area contributed by atoms with Gasteiger partial charge in [0.05, 0.1) is 36.2 Å². The Morgan fingerprint density at radius 2 is 1.71 bits per heavy atom. The number of ether oxygens (including phenoxy) is 1. The molecule has 2 heterocycles. The molecule has 0 saturated carbocycles. The van der Waals surface area contributed by atoms with Gasteiger partial charge in [-0.15, -0.1) is 0 Å². The molecule has 3 aromatic rings. The van der Waals surface area contributed by atoms with Crippen LogP contribution in [-0.2, 0) is 4.74 Å². The van der Waals surface area contributed by atoms with Crippen LogP contribution in [-0.4, -0.2) is 48.6 Å². The number of nitrogens with zero attached hydrogens (tertiary/aromatic N) is 2. The predicted octanol–water partition coefficient (Wildman–Crippen LogP) is 4.17. The Labute approximate surface area is 184 Å². The number of morpholine rings is 1. The van der Waals surface area contributed by atoms with Gasteiger partial charge < -0.3 is 10.1 Å². The third-order valence-electron chi connectivity index (χ3n) is 5.80. The van der Waals surface area contributed by atoms with Crippen LogP contribution in [0.5, 0.6) is 0 Å². The summed E-state index contributed by atoms with van der Waals surface area (Å²) in [7, 11) is 0. The van der Waals surface area contributed by atoms with E-state index in [4.69, 9.17) is 4.74 Å². The molecule has 0 radical (unpaired) electrons. The molecular weight excluding hydrogens is 386 g/mol. The van der Waals surface area contributed by atoms with E-state index in [9.17, 15) is 4.79 Å². The van der Waals surface area contributed by atoms with E-state index in [1.165, 1.54) is 11.1 Å². The molecule has 1 atom stereocenters. The van der Waals surface area contributed by atoms with E-state index >= 15 is 0 Å². The van der Waals surface area contributed by atoms with Gasteiger partial charge in [-0.25, -0.2) is 0 Å². The highest BCUT2D eigenvalue weighted by Crippen LogP contribution is 2.23. The van der Waals surface area contributed by atoms with Crippen LogP contribution in [0.25, 0.3) is 11.3 Å². The topological polar surface area (TPSA) is 54.5 Å². The van der Waals surface area contributed by atoms with Gasteiger partial charge in [-0.1, -0.05) is 60.2 Å². The quantitative estimate of drug-likeness (QED) is 0.657. The fourth-order valence-electron chi connectivity index (χ4n) is 3.99. The lowest BCUT2D eigenvalue weighted by atomic mass is 10.0. The van der Waals surface area contributed by atoms with Crippen molar-refractivity contribution in [3.05, 3.63) is 89.1 Å². The molecule has 0 bridgehead atoms. The van der Waals surface area contributed by atoms with Crippen molar-refractivity contribution in [1.82, 2.24) is 15.2 Å². The number of amides is 1. The Morgan fingerprint density at radius 1 is 1.00 bits per heavy atom. The molecule has 31 heavy (non-hydrogen) atoms. The molecule has 1 N–H and O–H groups in total. The van der Waals surface area contributed by atoms with Crippen molar-refractivity contribution >= 4 is 5.91 Å². The summed E-state index contributed by atoms with van der Waals surface area (Å²) >= 11 is 0. The van der Waals surface area contributed by atoms with Crippen LogP contribution < -0.4 is 5.32 Å². The first-order valence-corrected chi connectivity index (χ1v) is 10.8. The molecular formula is C26H29N3O2. The summed E-state index contributed by atoms with van der Waals surface area (Å²) in [6.07, 6.45) is 0. The van der Waals surface area contributed by atoms with Gasteiger partial charge in [-0.3, -0.25) is 14.7 Å². The largest absolute Gasteiger partial charge is 0.379 e. The molecule has 2 aromatic carbocycles. The molecule has 0 spiro atoms. The van der Waals surface area contributed by atoms with Crippen LogP contribution in [0.1, 0.15) is 33.2 Å². The van der Waals surface area contributed by atoms with Crippen molar-refractivity contribution in [2.45, 2.75) is 19.9 Å². The van der Waals surface area contributed by atoms with Gasteiger partial charge in [-0.2, -0.15) is 0 Å². The van der Waals surface area contributed by atoms with E-state index in [0.717, 1.165) is 43.3 Å². The zero-order valence-corrected chi connectivity index (χ0v) is 18.2. The summed E-state index contributed by atoms with van der Waals surface area (Å²) in [4.78, 5) is 20.0. The minimum atomic E-state index is -0.0880. The lowest BCUT2D eigenvalue weighted by molar-refractivity contribution is 0.0162. The average Bonchev–Trinajstić information content (AvgIpc) is 2.81. The van der Waals surface area contributed by atoms with Gasteiger partial charge in [-0.05, 0) is 31.5 Å². The van der Waals surface area contributed by atoms with Crippen LogP contribution in [0.4, 0.5) is 0 Å². The van der Waals surface area contributed by atoms with Gasteiger partial charge in [0.1, 0.15) is 0 Å². The van der Waals surface area contributed by atoms with Gasteiger partial charge >= 0.3 is 0 Å². The second-order valence-electron chi connectivity index (χ2n) is 7.98. The fraction of sp³-hybridized carbons (Fsp3) is 0.308. The van der Waals surface area contributed by atoms with Crippen LogP contribution >= 0.6 is 0 Å². The molecule has 1 fully saturated rings. The molecule has 1 amide bonds. The van der Waals surface area contributed by atoms with E-state index in [0.29, 0.717) is 12.1 Å². The van der Waals surface area contributed by atoms with E-state index < -0.39 is 0 Å². The Bertz CT molecular complexity index is 1010. The third kappa shape index (κ3) is 5.19. The Kier molecular flexibility index (Phi) is 6.75. The van der Waals surface area contributed by atoms with Crippen LogP contribution in [0.15, 0.2) is 66.7 Å². The van der Waals surface area contributed by atoms with Gasteiger partial charge in [0.25, 0.3) is 5.91 Å². The SMILES string of the molecule is Cc1ccc(C(CNC(=O)c2ccc(-c3ccccc3)nc2C)N2CCOCC2)cc1. The molecule has 1 aromatic heterocycles. The predicted molar refractivity (Wildman–Crippen MR) is 123 cm³/mol. The first-order valence-electron chi connectivity index (χ1n) is 10.8. The van der Waals surface area contributed by atoms with Crippen molar-refractivity contribution in [2.24, 2.45) is 0 Å². The van der Waals surface area contributed by atoms with Crippen molar-refractivity contribution in [2.75, 3.05) is 32.8 Å². The van der Waals surface area contributed by atoms with E-state index in [-0.39, 0.29) is 11.9 Å². The maximum atomic E-state index is 13.0. The molecule has 1 aliphatic heterocycles. The number of carbonyl (C=O) groups excluding carboxylic acids is 1. The highest BCUT2D eigenvalue weighted by molar-refractivity contribution is 5.95. The van der Waals surface area contributed by atoms with Crippen LogP contribution in [0, 0.1) is 13.8 Å². The highest BCUT2D eigenvalue weighted by Gasteiger charge is 2.23. The minimum absolute atomic E-state index is 0.0880. The number of aromatic nitrogens is 1. The molecule has 1 aliphatic rings. The molecule has 4 rings (SSSR count). The summed E-state index contributed by atoms with van der Waals surface area (Å²) in [5.74, 6) is -0.0880. The summed E-state index contributed by atoms with van der Waals surface area (Å²) in [6, 6.07) is 22.5. The van der Waals surface area contributed by atoms with Crippen molar-refractivity contribution in [3.63, 3.8) is 0 Å². The molecule has 160 valence electrons. The molecule has 5 heteroatoms. The van der Waals surface area contributed by atoms with E-state index in [2.05, 4.69) is 46.4 Å². The summed E-state index contributed by atoms with van der Waals surface area (Å²) < 4.78 is 5.53. The number of rotatable bonds is 6. The number of hydrogen-bond acceptors (Lipinski definition) is 4. The number of carbonyl (C=O) groups is 1. The number of hydrogen-bond donors (Lipinski definition) is 1. The lowest BCUT2D eigenvalue weighted by Crippen LogP contribution is -2.43. The molecule has 1 saturated heterocycles. The minimum Gasteiger partial charge on any atom is -0.379 e. The summed E-state index contributed by atoms with van der Waals surface area (Å²) in [5, 5.41) is 3.15. The van der Waals surface area contributed by atoms with Crippen LogP contribution in [0.3, 0.4) is 0 Å². The highest BCUT2D eigenvalue weighted by atomic mass is 16.5. The summed E-state index contributed by atoms with van der Waals surface area (Å²) in [5.41, 5.74) is 5.71. The van der Waals surface area contributed by atoms with Crippen molar-refractivity contribution in [1.29, 1.82) is 0 Å². The lowest BCUT2D eigenvalue weighted by Gasteiger charge is -2.35. The van der Waals surface area contributed by atoms with Crippen molar-refractivity contribution in [3.8, 4) is 11.3 Å². The summed E-state index contributed by atoms with van der Waals surface area (Å²) in [6.45, 7) is 7.69.